The monoisotopic (exact) mass is 292 g/mol. The Morgan fingerprint density at radius 3 is 2.52 bits per heavy atom. The number of nitrogen functional groups attached to an aromatic ring is 1. The van der Waals surface area contributed by atoms with Crippen molar-refractivity contribution in [3.05, 3.63) is 53.6 Å². The molecule has 0 unspecified atom stereocenters. The Labute approximate surface area is 120 Å². The average Bonchev–Trinajstić information content (AvgIpc) is 2.44. The van der Waals surface area contributed by atoms with Crippen LogP contribution in [0.4, 0.5) is 20.2 Å². The van der Waals surface area contributed by atoms with Crippen LogP contribution < -0.4 is 15.8 Å². The number of nitrogens with two attached hydrogens (primary N) is 1. The Bertz CT molecular complexity index is 657. The number of carbonyl (C=O) groups excluding carboxylic acids is 1. The fraction of sp³-hybridized carbons (Fsp3) is 0.133. The highest BCUT2D eigenvalue weighted by atomic mass is 19.1. The fourth-order valence-corrected chi connectivity index (χ4v) is 1.63. The van der Waals surface area contributed by atoms with E-state index in [-0.39, 0.29) is 11.4 Å². The first-order valence-electron chi connectivity index (χ1n) is 6.19. The number of carbonyl (C=O) groups is 1. The lowest BCUT2D eigenvalue weighted by Gasteiger charge is -2.09. The lowest BCUT2D eigenvalue weighted by Crippen LogP contribution is -2.20. The van der Waals surface area contributed by atoms with E-state index in [9.17, 15) is 13.6 Å². The molecule has 6 heteroatoms. The minimum absolute atomic E-state index is 0.316. The maximum Gasteiger partial charge on any atom is 0.262 e. The van der Waals surface area contributed by atoms with Crippen LogP contribution in [0.15, 0.2) is 36.4 Å². The highest BCUT2D eigenvalue weighted by Gasteiger charge is 2.11. The van der Waals surface area contributed by atoms with Gasteiger partial charge in [-0.2, -0.15) is 0 Å². The largest absolute Gasteiger partial charge is 0.481 e. The summed E-state index contributed by atoms with van der Waals surface area (Å²) < 4.78 is 31.6. The lowest BCUT2D eigenvalue weighted by molar-refractivity contribution is -0.118. The average molecular weight is 292 g/mol. The number of rotatable bonds is 4. The van der Waals surface area contributed by atoms with Crippen molar-refractivity contribution in [3.8, 4) is 5.75 Å². The second-order valence-corrected chi connectivity index (χ2v) is 4.51. The summed E-state index contributed by atoms with van der Waals surface area (Å²) in [7, 11) is 0. The van der Waals surface area contributed by atoms with E-state index >= 15 is 0 Å². The summed E-state index contributed by atoms with van der Waals surface area (Å²) in [5, 5.41) is 2.58. The van der Waals surface area contributed by atoms with Gasteiger partial charge in [-0.25, -0.2) is 8.78 Å². The van der Waals surface area contributed by atoms with Gasteiger partial charge in [0.1, 0.15) is 5.82 Å². The molecule has 0 aromatic heterocycles. The summed E-state index contributed by atoms with van der Waals surface area (Å²) in [5.74, 6) is -2.46. The molecule has 2 aromatic rings. The number of hydrogen-bond acceptors (Lipinski definition) is 3. The maximum atomic E-state index is 13.4. The summed E-state index contributed by atoms with van der Waals surface area (Å²) in [4.78, 5) is 11.7. The normalized spacial score (nSPS) is 10.2. The molecule has 0 fully saturated rings. The van der Waals surface area contributed by atoms with Gasteiger partial charge in [-0.05, 0) is 19.1 Å². The van der Waals surface area contributed by atoms with Crippen molar-refractivity contribution < 1.29 is 18.3 Å². The minimum atomic E-state index is -0.822. The topological polar surface area (TPSA) is 64.3 Å². The van der Waals surface area contributed by atoms with Gasteiger partial charge in [0.25, 0.3) is 5.91 Å². The van der Waals surface area contributed by atoms with E-state index in [0.29, 0.717) is 5.69 Å². The minimum Gasteiger partial charge on any atom is -0.481 e. The van der Waals surface area contributed by atoms with Crippen molar-refractivity contribution in [2.75, 3.05) is 17.7 Å². The van der Waals surface area contributed by atoms with Gasteiger partial charge in [0, 0.05) is 17.8 Å². The molecule has 0 aliphatic heterocycles. The molecule has 2 aromatic carbocycles. The maximum absolute atomic E-state index is 13.4. The highest BCUT2D eigenvalue weighted by Crippen LogP contribution is 2.22. The van der Waals surface area contributed by atoms with Crippen LogP contribution in [0.5, 0.6) is 5.75 Å². The smallest absolute Gasteiger partial charge is 0.262 e. The molecule has 0 atom stereocenters. The third-order valence-electron chi connectivity index (χ3n) is 2.75. The zero-order chi connectivity index (χ0) is 15.4. The van der Waals surface area contributed by atoms with Crippen LogP contribution >= 0.6 is 0 Å². The van der Waals surface area contributed by atoms with E-state index in [4.69, 9.17) is 10.5 Å². The van der Waals surface area contributed by atoms with E-state index in [1.807, 2.05) is 19.1 Å². The number of hydrogen-bond donors (Lipinski definition) is 2. The van der Waals surface area contributed by atoms with Crippen LogP contribution in [0.25, 0.3) is 0 Å². The Morgan fingerprint density at radius 1 is 1.19 bits per heavy atom. The molecule has 110 valence electrons. The van der Waals surface area contributed by atoms with E-state index in [0.717, 1.165) is 17.7 Å². The second kappa shape index (κ2) is 6.21. The van der Waals surface area contributed by atoms with Crippen molar-refractivity contribution in [2.24, 2.45) is 0 Å². The molecule has 0 saturated carbocycles. The van der Waals surface area contributed by atoms with Crippen LogP contribution in [0.3, 0.4) is 0 Å². The number of benzene rings is 2. The Hall–Kier alpha value is -2.63. The first kappa shape index (κ1) is 14.8. The quantitative estimate of drug-likeness (QED) is 0.852. The Balaban J connectivity index is 1.95. The van der Waals surface area contributed by atoms with Crippen molar-refractivity contribution >= 4 is 17.3 Å². The molecule has 0 spiro atoms. The molecule has 1 amide bonds. The molecule has 0 aliphatic carbocycles. The van der Waals surface area contributed by atoms with E-state index in [1.54, 1.807) is 12.1 Å². The molecule has 0 bridgehead atoms. The number of anilines is 2. The molecule has 2 rings (SSSR count). The third kappa shape index (κ3) is 3.92. The van der Waals surface area contributed by atoms with Crippen LogP contribution in [0.2, 0.25) is 0 Å². The molecule has 0 heterocycles. The number of ether oxygens (including phenoxy) is 1. The van der Waals surface area contributed by atoms with Gasteiger partial charge in [-0.15, -0.1) is 0 Å². The summed E-state index contributed by atoms with van der Waals surface area (Å²) in [6.07, 6.45) is 0. The molecule has 0 saturated heterocycles. The second-order valence-electron chi connectivity index (χ2n) is 4.51. The summed E-state index contributed by atoms with van der Waals surface area (Å²) >= 11 is 0. The Kier molecular flexibility index (Phi) is 4.37. The van der Waals surface area contributed by atoms with Gasteiger partial charge in [-0.1, -0.05) is 17.7 Å². The zero-order valence-corrected chi connectivity index (χ0v) is 11.3. The van der Waals surface area contributed by atoms with Crippen LogP contribution in [0, 0.1) is 18.6 Å². The number of halogens is 2. The van der Waals surface area contributed by atoms with Crippen molar-refractivity contribution in [2.45, 2.75) is 6.92 Å². The Morgan fingerprint density at radius 2 is 1.86 bits per heavy atom. The van der Waals surface area contributed by atoms with Crippen molar-refractivity contribution in [1.29, 1.82) is 0 Å². The number of amides is 1. The zero-order valence-electron chi connectivity index (χ0n) is 11.3. The van der Waals surface area contributed by atoms with Gasteiger partial charge in [0.2, 0.25) is 0 Å². The van der Waals surface area contributed by atoms with E-state index < -0.39 is 24.1 Å². The van der Waals surface area contributed by atoms with Gasteiger partial charge >= 0.3 is 0 Å². The summed E-state index contributed by atoms with van der Waals surface area (Å²) in [6.45, 7) is 1.49. The van der Waals surface area contributed by atoms with Gasteiger partial charge < -0.3 is 15.8 Å². The predicted molar refractivity (Wildman–Crippen MR) is 76.1 cm³/mol. The molecule has 0 radical (unpaired) electrons. The van der Waals surface area contributed by atoms with E-state index in [1.165, 1.54) is 0 Å². The molecule has 3 N–H and O–H groups in total. The van der Waals surface area contributed by atoms with Gasteiger partial charge in [0.15, 0.2) is 18.2 Å². The van der Waals surface area contributed by atoms with Crippen molar-refractivity contribution in [3.63, 3.8) is 0 Å². The molecular weight excluding hydrogens is 278 g/mol. The molecular formula is C15H14F2N2O2. The summed E-state index contributed by atoms with van der Waals surface area (Å²) in [5.41, 5.74) is 6.55. The predicted octanol–water partition coefficient (Wildman–Crippen LogP) is 2.87. The summed E-state index contributed by atoms with van der Waals surface area (Å²) in [6, 6.07) is 8.76. The SMILES string of the molecule is Cc1ccc(NC(=O)COc2cc(F)c(N)cc2F)cc1. The van der Waals surface area contributed by atoms with Crippen LogP contribution in [0.1, 0.15) is 5.56 Å². The number of nitrogens with one attached hydrogen (secondary N) is 1. The van der Waals surface area contributed by atoms with Gasteiger partial charge in [-0.3, -0.25) is 4.79 Å². The fourth-order valence-electron chi connectivity index (χ4n) is 1.63. The molecule has 21 heavy (non-hydrogen) atoms. The molecule has 4 nitrogen and oxygen atoms in total. The van der Waals surface area contributed by atoms with Crippen LogP contribution in [-0.2, 0) is 4.79 Å². The molecule has 0 aliphatic rings. The third-order valence-corrected chi connectivity index (χ3v) is 2.75. The number of aryl methyl sites for hydroxylation is 1. The standard InChI is InChI=1S/C15H14F2N2O2/c1-9-2-4-10(5-3-9)19-15(20)8-21-14-7-11(16)13(18)6-12(14)17/h2-7H,8,18H2,1H3,(H,19,20). The first-order chi connectivity index (χ1) is 9.95. The highest BCUT2D eigenvalue weighted by molar-refractivity contribution is 5.91. The lowest BCUT2D eigenvalue weighted by atomic mass is 10.2. The van der Waals surface area contributed by atoms with Crippen LogP contribution in [-0.4, -0.2) is 12.5 Å². The first-order valence-corrected chi connectivity index (χ1v) is 6.19. The van der Waals surface area contributed by atoms with E-state index in [2.05, 4.69) is 5.32 Å². The van der Waals surface area contributed by atoms with Crippen molar-refractivity contribution in [1.82, 2.24) is 0 Å². The van der Waals surface area contributed by atoms with Gasteiger partial charge in [0.05, 0.1) is 5.69 Å².